The first kappa shape index (κ1) is 11.0. The molecule has 0 bridgehead atoms. The summed E-state index contributed by atoms with van der Waals surface area (Å²) in [5.41, 5.74) is 0. The van der Waals surface area contributed by atoms with Crippen LogP contribution in [0.2, 0.25) is 0 Å². The Balaban J connectivity index is 3.20. The Kier molecular flexibility index (Phi) is 8.03. The molecule has 0 saturated carbocycles. The number of unbranched alkanes of at least 4 members (excludes halogenated alkanes) is 2. The van der Waals surface area contributed by atoms with Crippen molar-refractivity contribution >= 4 is 0 Å². The molecule has 1 nitrogen and oxygen atoms in total. The molecule has 1 unspecified atom stereocenters. The highest BCUT2D eigenvalue weighted by molar-refractivity contribution is 4.55. The molecule has 1 heteroatoms. The molecule has 0 rings (SSSR count). The van der Waals surface area contributed by atoms with Crippen LogP contribution in [0.3, 0.4) is 0 Å². The van der Waals surface area contributed by atoms with E-state index in [9.17, 15) is 0 Å². The van der Waals surface area contributed by atoms with Crippen molar-refractivity contribution in [3.05, 3.63) is 7.11 Å². The molecule has 0 aromatic rings. The molecule has 0 aromatic heterocycles. The Morgan fingerprint density at radius 1 is 1.27 bits per heavy atom. The van der Waals surface area contributed by atoms with Crippen LogP contribution in [0.5, 0.6) is 0 Å². The van der Waals surface area contributed by atoms with E-state index in [0.29, 0.717) is 0 Å². The van der Waals surface area contributed by atoms with Crippen LogP contribution in [0.25, 0.3) is 0 Å². The van der Waals surface area contributed by atoms with Gasteiger partial charge in [0.2, 0.25) is 0 Å². The second-order valence-electron chi connectivity index (χ2n) is 3.14. The maximum absolute atomic E-state index is 4.88. The van der Waals surface area contributed by atoms with E-state index in [4.69, 9.17) is 4.74 Å². The molecule has 0 aliphatic carbocycles. The van der Waals surface area contributed by atoms with E-state index in [0.717, 1.165) is 12.5 Å². The van der Waals surface area contributed by atoms with Gasteiger partial charge in [0, 0.05) is 6.61 Å². The summed E-state index contributed by atoms with van der Waals surface area (Å²) in [6.45, 7) is 5.29. The van der Waals surface area contributed by atoms with E-state index in [1.54, 1.807) is 0 Å². The quantitative estimate of drug-likeness (QED) is 0.515. The fourth-order valence-electron chi connectivity index (χ4n) is 1.25. The van der Waals surface area contributed by atoms with Gasteiger partial charge < -0.3 is 4.74 Å². The van der Waals surface area contributed by atoms with E-state index in [-0.39, 0.29) is 0 Å². The number of rotatable bonds is 7. The average Bonchev–Trinajstić information content (AvgIpc) is 2.03. The van der Waals surface area contributed by atoms with Gasteiger partial charge in [0.1, 0.15) is 0 Å². The van der Waals surface area contributed by atoms with Gasteiger partial charge in [-0.1, -0.05) is 39.5 Å². The van der Waals surface area contributed by atoms with Crippen molar-refractivity contribution < 1.29 is 4.74 Å². The average molecular weight is 157 g/mol. The molecular formula is C10H21O. The van der Waals surface area contributed by atoms with Gasteiger partial charge in [-0.15, -0.1) is 0 Å². The number of hydrogen-bond donors (Lipinski definition) is 0. The highest BCUT2D eigenvalue weighted by Crippen LogP contribution is 2.13. The SMILES string of the molecule is [CH2]OCC(CC)CCCCC. The smallest absolute Gasteiger partial charge is 0.0700 e. The van der Waals surface area contributed by atoms with E-state index < -0.39 is 0 Å². The Morgan fingerprint density at radius 2 is 2.00 bits per heavy atom. The monoisotopic (exact) mass is 157 g/mol. The van der Waals surface area contributed by atoms with Gasteiger partial charge in [-0.3, -0.25) is 0 Å². The van der Waals surface area contributed by atoms with Crippen LogP contribution >= 0.6 is 0 Å². The summed E-state index contributed by atoms with van der Waals surface area (Å²) in [5.74, 6) is 0.735. The summed E-state index contributed by atoms with van der Waals surface area (Å²) >= 11 is 0. The van der Waals surface area contributed by atoms with E-state index in [2.05, 4.69) is 21.0 Å². The Labute approximate surface area is 71.1 Å². The minimum atomic E-state index is 0.735. The van der Waals surface area contributed by atoms with Gasteiger partial charge in [-0.2, -0.15) is 0 Å². The van der Waals surface area contributed by atoms with E-state index in [1.165, 1.54) is 32.1 Å². The van der Waals surface area contributed by atoms with Crippen LogP contribution in [0.15, 0.2) is 0 Å². The third-order valence-corrected chi connectivity index (χ3v) is 2.15. The first-order valence-electron chi connectivity index (χ1n) is 4.72. The summed E-state index contributed by atoms with van der Waals surface area (Å²) < 4.78 is 4.88. The third kappa shape index (κ3) is 6.36. The normalized spacial score (nSPS) is 13.4. The molecule has 0 aliphatic heterocycles. The predicted octanol–water partition coefficient (Wildman–Crippen LogP) is 3.40. The molecule has 0 heterocycles. The van der Waals surface area contributed by atoms with Crippen LogP contribution in [0.4, 0.5) is 0 Å². The lowest BCUT2D eigenvalue weighted by molar-refractivity contribution is 0.177. The summed E-state index contributed by atoms with van der Waals surface area (Å²) in [4.78, 5) is 0. The Hall–Kier alpha value is -0.0400. The Morgan fingerprint density at radius 3 is 2.45 bits per heavy atom. The fraction of sp³-hybridized carbons (Fsp3) is 0.900. The molecule has 0 aliphatic rings. The lowest BCUT2D eigenvalue weighted by Crippen LogP contribution is -2.05. The predicted molar refractivity (Wildman–Crippen MR) is 49.2 cm³/mol. The van der Waals surface area contributed by atoms with Crippen molar-refractivity contribution in [2.75, 3.05) is 6.61 Å². The standard InChI is InChI=1S/C10H21O/c1-4-6-7-8-10(5-2)9-11-3/h10H,3-9H2,1-2H3. The summed E-state index contributed by atoms with van der Waals surface area (Å²) in [6, 6.07) is 0. The number of hydrogen-bond acceptors (Lipinski definition) is 1. The molecule has 0 fully saturated rings. The molecule has 11 heavy (non-hydrogen) atoms. The lowest BCUT2D eigenvalue weighted by atomic mass is 10.00. The third-order valence-electron chi connectivity index (χ3n) is 2.15. The maximum atomic E-state index is 4.88. The van der Waals surface area contributed by atoms with Gasteiger partial charge in [-0.05, 0) is 12.3 Å². The van der Waals surface area contributed by atoms with Gasteiger partial charge in [-0.25, -0.2) is 0 Å². The van der Waals surface area contributed by atoms with Gasteiger partial charge in [0.05, 0.1) is 7.11 Å². The highest BCUT2D eigenvalue weighted by Gasteiger charge is 2.03. The highest BCUT2D eigenvalue weighted by atomic mass is 16.5. The maximum Gasteiger partial charge on any atom is 0.0700 e. The fourth-order valence-corrected chi connectivity index (χ4v) is 1.25. The van der Waals surface area contributed by atoms with Gasteiger partial charge in [0.25, 0.3) is 0 Å². The second kappa shape index (κ2) is 8.06. The van der Waals surface area contributed by atoms with E-state index >= 15 is 0 Å². The largest absolute Gasteiger partial charge is 0.379 e. The zero-order valence-corrected chi connectivity index (χ0v) is 7.94. The first-order chi connectivity index (χ1) is 5.35. The van der Waals surface area contributed by atoms with Crippen molar-refractivity contribution in [3.8, 4) is 0 Å². The van der Waals surface area contributed by atoms with Crippen molar-refractivity contribution in [1.82, 2.24) is 0 Å². The first-order valence-corrected chi connectivity index (χ1v) is 4.72. The van der Waals surface area contributed by atoms with Crippen molar-refractivity contribution in [1.29, 1.82) is 0 Å². The second-order valence-corrected chi connectivity index (χ2v) is 3.14. The molecule has 0 amide bonds. The molecule has 0 spiro atoms. The lowest BCUT2D eigenvalue weighted by Gasteiger charge is -2.12. The number of ether oxygens (including phenoxy) is 1. The zero-order chi connectivity index (χ0) is 8.53. The van der Waals surface area contributed by atoms with Gasteiger partial charge >= 0.3 is 0 Å². The molecule has 0 N–H and O–H groups in total. The van der Waals surface area contributed by atoms with Crippen molar-refractivity contribution in [2.24, 2.45) is 5.92 Å². The molecule has 1 radical (unpaired) electrons. The molecule has 1 atom stereocenters. The summed E-state index contributed by atoms with van der Waals surface area (Å²) in [6.07, 6.45) is 6.53. The Bertz CT molecular complexity index is 71.3. The van der Waals surface area contributed by atoms with Crippen LogP contribution in [-0.2, 0) is 4.74 Å². The topological polar surface area (TPSA) is 9.23 Å². The minimum absolute atomic E-state index is 0.735. The van der Waals surface area contributed by atoms with Crippen LogP contribution < -0.4 is 0 Å². The van der Waals surface area contributed by atoms with Crippen LogP contribution in [0, 0.1) is 13.0 Å². The molecular weight excluding hydrogens is 136 g/mol. The van der Waals surface area contributed by atoms with Crippen LogP contribution in [-0.4, -0.2) is 6.61 Å². The van der Waals surface area contributed by atoms with Crippen molar-refractivity contribution in [3.63, 3.8) is 0 Å². The molecule has 0 aromatic carbocycles. The zero-order valence-electron chi connectivity index (χ0n) is 7.94. The van der Waals surface area contributed by atoms with Crippen LogP contribution in [0.1, 0.15) is 46.0 Å². The summed E-state index contributed by atoms with van der Waals surface area (Å²) in [5, 5.41) is 0. The molecule has 67 valence electrons. The van der Waals surface area contributed by atoms with Crippen molar-refractivity contribution in [2.45, 2.75) is 46.0 Å². The summed E-state index contributed by atoms with van der Waals surface area (Å²) in [7, 11) is 3.40. The van der Waals surface area contributed by atoms with E-state index in [1.807, 2.05) is 0 Å². The van der Waals surface area contributed by atoms with Gasteiger partial charge in [0.15, 0.2) is 0 Å². The minimum Gasteiger partial charge on any atom is -0.379 e. The molecule has 0 saturated heterocycles.